The minimum absolute atomic E-state index is 1.05. The quantitative estimate of drug-likeness (QED) is 0.336. The SMILES string of the molecule is Cc1cc2c(ccc3c(-c4cc5ccccc5s4)nccc32)c(C)n1. The molecule has 0 saturated carbocycles. The maximum Gasteiger partial charge on any atom is 0.0880 e. The van der Waals surface area contributed by atoms with Crippen LogP contribution in [0.5, 0.6) is 0 Å². The molecule has 0 atom stereocenters. The smallest absolute Gasteiger partial charge is 0.0880 e. The van der Waals surface area contributed by atoms with Crippen LogP contribution in [-0.4, -0.2) is 9.97 Å². The molecule has 25 heavy (non-hydrogen) atoms. The minimum atomic E-state index is 1.05. The van der Waals surface area contributed by atoms with Gasteiger partial charge in [0, 0.05) is 33.1 Å². The fourth-order valence-corrected chi connectivity index (χ4v) is 4.68. The first-order valence-corrected chi connectivity index (χ1v) is 9.17. The highest BCUT2D eigenvalue weighted by Crippen LogP contribution is 2.37. The fourth-order valence-electron chi connectivity index (χ4n) is 3.61. The Kier molecular flexibility index (Phi) is 3.12. The number of hydrogen-bond donors (Lipinski definition) is 0. The third-order valence-electron chi connectivity index (χ3n) is 4.73. The number of rotatable bonds is 1. The van der Waals surface area contributed by atoms with Crippen LogP contribution in [0.4, 0.5) is 0 Å². The zero-order valence-corrected chi connectivity index (χ0v) is 14.9. The Morgan fingerprint density at radius 2 is 1.64 bits per heavy atom. The van der Waals surface area contributed by atoms with Crippen LogP contribution in [0.25, 0.3) is 42.2 Å². The van der Waals surface area contributed by atoms with Gasteiger partial charge in [-0.3, -0.25) is 9.97 Å². The van der Waals surface area contributed by atoms with Crippen molar-refractivity contribution in [2.45, 2.75) is 13.8 Å². The van der Waals surface area contributed by atoms with Gasteiger partial charge in [0.1, 0.15) is 0 Å². The van der Waals surface area contributed by atoms with Crippen LogP contribution in [0.3, 0.4) is 0 Å². The van der Waals surface area contributed by atoms with Gasteiger partial charge in [-0.15, -0.1) is 11.3 Å². The van der Waals surface area contributed by atoms with Crippen molar-refractivity contribution in [3.8, 4) is 10.6 Å². The molecule has 0 radical (unpaired) electrons. The van der Waals surface area contributed by atoms with Crippen LogP contribution in [0.15, 0.2) is 60.8 Å². The number of nitrogens with zero attached hydrogens (tertiary/aromatic N) is 2. The lowest BCUT2D eigenvalue weighted by atomic mass is 10.00. The van der Waals surface area contributed by atoms with E-state index >= 15 is 0 Å². The first kappa shape index (κ1) is 14.6. The molecule has 3 heterocycles. The Morgan fingerprint density at radius 3 is 2.52 bits per heavy atom. The fraction of sp³-hybridized carbons (Fsp3) is 0.0909. The van der Waals surface area contributed by atoms with E-state index in [0.717, 1.165) is 17.1 Å². The van der Waals surface area contributed by atoms with Gasteiger partial charge in [-0.2, -0.15) is 0 Å². The first-order chi connectivity index (χ1) is 12.2. The highest BCUT2D eigenvalue weighted by Gasteiger charge is 2.12. The van der Waals surface area contributed by atoms with Crippen LogP contribution >= 0.6 is 11.3 Å². The summed E-state index contributed by atoms with van der Waals surface area (Å²) >= 11 is 1.80. The summed E-state index contributed by atoms with van der Waals surface area (Å²) in [7, 11) is 0. The number of benzene rings is 2. The lowest BCUT2D eigenvalue weighted by Crippen LogP contribution is -1.91. The second-order valence-electron chi connectivity index (χ2n) is 6.41. The molecule has 120 valence electrons. The predicted octanol–water partition coefficient (Wildman–Crippen LogP) is 6.28. The van der Waals surface area contributed by atoms with E-state index in [9.17, 15) is 0 Å². The summed E-state index contributed by atoms with van der Waals surface area (Å²) in [6, 6.07) is 19.4. The Balaban J connectivity index is 1.86. The normalized spacial score (nSPS) is 11.6. The van der Waals surface area contributed by atoms with Crippen LogP contribution in [-0.2, 0) is 0 Å². The van der Waals surface area contributed by atoms with Crippen molar-refractivity contribution in [2.75, 3.05) is 0 Å². The lowest BCUT2D eigenvalue weighted by molar-refractivity contribution is 1.15. The molecule has 0 aliphatic carbocycles. The molecule has 5 aromatic rings. The number of thiophene rings is 1. The summed E-state index contributed by atoms with van der Waals surface area (Å²) in [5.74, 6) is 0. The van der Waals surface area contributed by atoms with Crippen molar-refractivity contribution in [3.63, 3.8) is 0 Å². The van der Waals surface area contributed by atoms with E-state index in [0.29, 0.717) is 0 Å². The van der Waals surface area contributed by atoms with Crippen LogP contribution in [0, 0.1) is 13.8 Å². The molecule has 2 aromatic carbocycles. The summed E-state index contributed by atoms with van der Waals surface area (Å²) in [4.78, 5) is 10.5. The molecule has 5 rings (SSSR count). The standard InChI is InChI=1S/C22H16N2S/c1-13-11-19-16(14(2)24-13)7-8-18-17(19)9-10-23-22(18)21-12-15-5-3-4-6-20(15)25-21/h3-12H,1-2H3. The Morgan fingerprint density at radius 1 is 0.800 bits per heavy atom. The van der Waals surface area contributed by atoms with E-state index in [1.165, 1.54) is 36.5 Å². The van der Waals surface area contributed by atoms with Gasteiger partial charge >= 0.3 is 0 Å². The van der Waals surface area contributed by atoms with Crippen molar-refractivity contribution in [1.82, 2.24) is 9.97 Å². The molecule has 0 spiro atoms. The van der Waals surface area contributed by atoms with E-state index in [4.69, 9.17) is 4.98 Å². The summed E-state index contributed by atoms with van der Waals surface area (Å²) in [5.41, 5.74) is 3.20. The molecule has 3 aromatic heterocycles. The minimum Gasteiger partial charge on any atom is -0.258 e. The van der Waals surface area contributed by atoms with Gasteiger partial charge in [0.2, 0.25) is 0 Å². The van der Waals surface area contributed by atoms with Crippen molar-refractivity contribution >= 4 is 43.0 Å². The highest BCUT2D eigenvalue weighted by atomic mass is 32.1. The molecule has 0 unspecified atom stereocenters. The average Bonchev–Trinajstić information content (AvgIpc) is 3.05. The largest absolute Gasteiger partial charge is 0.258 e. The summed E-state index contributed by atoms with van der Waals surface area (Å²) in [6.07, 6.45) is 1.92. The van der Waals surface area contributed by atoms with Gasteiger partial charge in [-0.25, -0.2) is 0 Å². The molecule has 0 amide bonds. The Hall–Kier alpha value is -2.78. The maximum atomic E-state index is 4.72. The molecular weight excluding hydrogens is 324 g/mol. The molecule has 0 aliphatic rings. The van der Waals surface area contributed by atoms with E-state index in [1.807, 2.05) is 6.20 Å². The maximum absolute atomic E-state index is 4.72. The molecule has 0 saturated heterocycles. The van der Waals surface area contributed by atoms with Crippen LogP contribution < -0.4 is 0 Å². The van der Waals surface area contributed by atoms with Crippen molar-refractivity contribution < 1.29 is 0 Å². The lowest BCUT2D eigenvalue weighted by Gasteiger charge is -2.09. The molecule has 0 fully saturated rings. The third-order valence-corrected chi connectivity index (χ3v) is 5.86. The predicted molar refractivity (Wildman–Crippen MR) is 107 cm³/mol. The van der Waals surface area contributed by atoms with E-state index in [1.54, 1.807) is 11.3 Å². The van der Waals surface area contributed by atoms with E-state index < -0.39 is 0 Å². The van der Waals surface area contributed by atoms with Crippen LogP contribution in [0.1, 0.15) is 11.4 Å². The second kappa shape index (κ2) is 5.36. The van der Waals surface area contributed by atoms with Gasteiger partial charge in [0.15, 0.2) is 0 Å². The topological polar surface area (TPSA) is 25.8 Å². The van der Waals surface area contributed by atoms with Crippen molar-refractivity contribution in [2.24, 2.45) is 0 Å². The van der Waals surface area contributed by atoms with Gasteiger partial charge < -0.3 is 0 Å². The van der Waals surface area contributed by atoms with E-state index in [2.05, 4.69) is 73.4 Å². The highest BCUT2D eigenvalue weighted by molar-refractivity contribution is 7.22. The van der Waals surface area contributed by atoms with Crippen LogP contribution in [0.2, 0.25) is 0 Å². The zero-order chi connectivity index (χ0) is 17.0. The van der Waals surface area contributed by atoms with Gasteiger partial charge in [-0.05, 0) is 54.3 Å². The summed E-state index contributed by atoms with van der Waals surface area (Å²) < 4.78 is 1.30. The van der Waals surface area contributed by atoms with E-state index in [-0.39, 0.29) is 0 Å². The molecule has 0 bridgehead atoms. The summed E-state index contributed by atoms with van der Waals surface area (Å²) in [5, 5.41) is 6.19. The van der Waals surface area contributed by atoms with Gasteiger partial charge in [0.05, 0.1) is 10.6 Å². The monoisotopic (exact) mass is 340 g/mol. The Bertz CT molecular complexity index is 1230. The van der Waals surface area contributed by atoms with Crippen molar-refractivity contribution in [1.29, 1.82) is 0 Å². The average molecular weight is 340 g/mol. The molecule has 3 heteroatoms. The third kappa shape index (κ3) is 2.24. The van der Waals surface area contributed by atoms with Gasteiger partial charge in [0.25, 0.3) is 0 Å². The first-order valence-electron chi connectivity index (χ1n) is 8.35. The number of fused-ring (bicyclic) bond motifs is 4. The number of aromatic nitrogens is 2. The summed E-state index contributed by atoms with van der Waals surface area (Å²) in [6.45, 7) is 4.13. The number of pyridine rings is 2. The number of hydrogen-bond acceptors (Lipinski definition) is 3. The molecule has 0 aliphatic heterocycles. The zero-order valence-electron chi connectivity index (χ0n) is 14.1. The molecule has 2 nitrogen and oxygen atoms in total. The second-order valence-corrected chi connectivity index (χ2v) is 7.50. The molecular formula is C22H16N2S. The van der Waals surface area contributed by atoms with Crippen molar-refractivity contribution in [3.05, 3.63) is 72.2 Å². The Labute approximate surface area is 149 Å². The van der Waals surface area contributed by atoms with Gasteiger partial charge in [-0.1, -0.05) is 30.3 Å². The molecule has 0 N–H and O–H groups in total. The number of aryl methyl sites for hydroxylation is 2.